The average Bonchev–Trinajstić information content (AvgIpc) is 3.91. The lowest BCUT2D eigenvalue weighted by Crippen LogP contribution is -2.96. The number of hydrogen-bond acceptors (Lipinski definition) is 18. The Hall–Kier alpha value is -4.10. The van der Waals surface area contributed by atoms with Gasteiger partial charge in [-0.1, -0.05) is 34.6 Å². The predicted molar refractivity (Wildman–Crippen MR) is 189 cm³/mol. The summed E-state index contributed by atoms with van der Waals surface area (Å²) >= 11 is 0. The minimum Gasteiger partial charge on any atom is -0.472 e. The molecule has 3 N–H and O–H groups in total. The van der Waals surface area contributed by atoms with Gasteiger partial charge in [-0.2, -0.15) is 0 Å². The van der Waals surface area contributed by atoms with Gasteiger partial charge < -0.3 is 57.6 Å². The molecule has 1 spiro atoms. The van der Waals surface area contributed by atoms with Crippen molar-refractivity contribution < 1.29 is 86.4 Å². The molecular formula is C40H52O18. The Morgan fingerprint density at radius 1 is 0.828 bits per heavy atom. The van der Waals surface area contributed by atoms with Gasteiger partial charge >= 0.3 is 35.8 Å². The van der Waals surface area contributed by atoms with Crippen molar-refractivity contribution in [3.05, 3.63) is 24.2 Å². The third kappa shape index (κ3) is 4.60. The van der Waals surface area contributed by atoms with Crippen molar-refractivity contribution >= 4 is 35.8 Å². The largest absolute Gasteiger partial charge is 0.472 e. The lowest BCUT2D eigenvalue weighted by atomic mass is 9.32. The summed E-state index contributed by atoms with van der Waals surface area (Å²) in [5.41, 5.74) is -16.4. The lowest BCUT2D eigenvalue weighted by Gasteiger charge is -2.77. The first-order valence-corrected chi connectivity index (χ1v) is 19.3. The summed E-state index contributed by atoms with van der Waals surface area (Å²) in [5.74, 6) is -10.9. The quantitative estimate of drug-likeness (QED) is 0.224. The number of aliphatic hydroxyl groups is 3. The van der Waals surface area contributed by atoms with Gasteiger partial charge in [-0.05, 0) is 12.5 Å². The highest BCUT2D eigenvalue weighted by Gasteiger charge is 3.03. The van der Waals surface area contributed by atoms with E-state index in [9.17, 15) is 44.1 Å². The Kier molecular flexibility index (Phi) is 9.21. The Labute approximate surface area is 334 Å². The second-order valence-corrected chi connectivity index (χ2v) is 17.9. The van der Waals surface area contributed by atoms with Gasteiger partial charge in [0.15, 0.2) is 23.6 Å². The van der Waals surface area contributed by atoms with E-state index in [0.29, 0.717) is 0 Å². The van der Waals surface area contributed by atoms with Crippen molar-refractivity contribution in [3.63, 3.8) is 0 Å². The molecule has 2 saturated heterocycles. The molecule has 4 aliphatic carbocycles. The Bertz CT molecular complexity index is 1950. The van der Waals surface area contributed by atoms with E-state index in [0.717, 1.165) is 41.7 Å². The molecule has 3 heterocycles. The Balaban J connectivity index is 1.68. The zero-order valence-electron chi connectivity index (χ0n) is 34.3. The van der Waals surface area contributed by atoms with Gasteiger partial charge in [0.2, 0.25) is 6.10 Å². The molecule has 0 aromatic carbocycles. The minimum absolute atomic E-state index is 0.144. The van der Waals surface area contributed by atoms with Crippen LogP contribution in [0.5, 0.6) is 0 Å². The molecule has 0 radical (unpaired) electrons. The molecule has 18 heteroatoms. The van der Waals surface area contributed by atoms with Crippen LogP contribution in [0.4, 0.5) is 0 Å². The lowest BCUT2D eigenvalue weighted by molar-refractivity contribution is -0.443. The maximum atomic E-state index is 14.5. The Morgan fingerprint density at radius 3 is 1.91 bits per heavy atom. The van der Waals surface area contributed by atoms with Crippen LogP contribution in [-0.4, -0.2) is 117 Å². The van der Waals surface area contributed by atoms with Crippen LogP contribution in [0.1, 0.15) is 93.7 Å². The highest BCUT2D eigenvalue weighted by molar-refractivity contribution is 5.80. The highest BCUT2D eigenvalue weighted by Crippen LogP contribution is 2.87. The molecule has 2 aliphatic heterocycles. The highest BCUT2D eigenvalue weighted by atomic mass is 16.8. The molecule has 16 atom stereocenters. The normalized spacial score (nSPS) is 46.1. The number of ether oxygens (including phenoxy) is 8. The summed E-state index contributed by atoms with van der Waals surface area (Å²) < 4.78 is 54.8. The van der Waals surface area contributed by atoms with Crippen molar-refractivity contribution in [1.29, 1.82) is 0 Å². The number of esters is 6. The van der Waals surface area contributed by atoms with Crippen molar-refractivity contribution in [2.75, 3.05) is 7.11 Å². The number of carbonyl (C=O) groups is 6. The number of hydrogen-bond donors (Lipinski definition) is 3. The van der Waals surface area contributed by atoms with Crippen LogP contribution in [0, 0.1) is 34.0 Å². The molecule has 7 rings (SSSR count). The van der Waals surface area contributed by atoms with E-state index in [2.05, 4.69) is 0 Å². The second kappa shape index (κ2) is 12.7. The fourth-order valence-electron chi connectivity index (χ4n) is 13.2. The van der Waals surface area contributed by atoms with Gasteiger partial charge in [0.1, 0.15) is 35.1 Å². The molecule has 58 heavy (non-hydrogen) atoms. The van der Waals surface area contributed by atoms with E-state index in [4.69, 9.17) is 42.3 Å². The van der Waals surface area contributed by atoms with Crippen molar-refractivity contribution in [2.24, 2.45) is 34.0 Å². The van der Waals surface area contributed by atoms with Crippen LogP contribution in [0.25, 0.3) is 0 Å². The Morgan fingerprint density at radius 2 is 1.41 bits per heavy atom. The van der Waals surface area contributed by atoms with E-state index in [-0.39, 0.29) is 12.0 Å². The van der Waals surface area contributed by atoms with Gasteiger partial charge in [-0.15, -0.1) is 0 Å². The molecule has 6 aliphatic rings. The first-order valence-electron chi connectivity index (χ1n) is 19.3. The van der Waals surface area contributed by atoms with Crippen LogP contribution >= 0.6 is 0 Å². The fraction of sp³-hybridized carbons (Fsp3) is 0.750. The van der Waals surface area contributed by atoms with Crippen molar-refractivity contribution in [3.8, 4) is 0 Å². The maximum absolute atomic E-state index is 14.5. The number of methoxy groups -OCH3 is 1. The summed E-state index contributed by atoms with van der Waals surface area (Å²) in [6, 6.07) is 1.51. The SMILES string of the molecule is COC(=O)[C@H](OC(C)=O)[C@H]1[C@@]2(C)C[C@]3(O)[C@@](O)([C@H]4OC5(C(C)C)CC6[C@](C)([C@@H](OC(C)=O)c7ccoc7)[C@@H](OC(C)=O)[C@@H](OC(C)=O)[C@](O)([C@]13C)[C@@]64O5)[C@H]2OC(C)=O. The van der Waals surface area contributed by atoms with Gasteiger partial charge in [0, 0.05) is 75.2 Å². The van der Waals surface area contributed by atoms with Gasteiger partial charge in [0.05, 0.1) is 25.1 Å². The fourth-order valence-corrected chi connectivity index (χ4v) is 13.2. The molecule has 4 saturated carbocycles. The molecule has 2 unspecified atom stereocenters. The van der Waals surface area contributed by atoms with Crippen molar-refractivity contribution in [1.82, 2.24) is 0 Å². The zero-order valence-corrected chi connectivity index (χ0v) is 34.3. The van der Waals surface area contributed by atoms with Crippen LogP contribution < -0.4 is 0 Å². The smallest absolute Gasteiger partial charge is 0.347 e. The third-order valence-electron chi connectivity index (χ3n) is 14.9. The van der Waals surface area contributed by atoms with E-state index in [1.54, 1.807) is 20.8 Å². The van der Waals surface area contributed by atoms with Gasteiger partial charge in [0.25, 0.3) is 0 Å². The van der Waals surface area contributed by atoms with E-state index >= 15 is 0 Å². The van der Waals surface area contributed by atoms with Crippen molar-refractivity contribution in [2.45, 2.75) is 147 Å². The van der Waals surface area contributed by atoms with Crippen LogP contribution in [0.15, 0.2) is 23.0 Å². The molecule has 1 aromatic rings. The number of furan rings is 1. The number of fused-ring (bicyclic) bond motifs is 4. The molecule has 0 amide bonds. The van der Waals surface area contributed by atoms with E-state index < -0.39 is 141 Å². The molecule has 18 nitrogen and oxygen atoms in total. The molecular weight excluding hydrogens is 768 g/mol. The molecule has 320 valence electrons. The first kappa shape index (κ1) is 42.0. The standard InChI is InChI=1S/C40H52O18/c1-17(2)36-14-24-34(9,27(53-19(4)42)23-12-13-51-15-23)28(54-20(5)43)29(55-21(6)44)40(49)35(10)26(25(30(46)50-11)52-18(3)41)33(8)16-37(35,47)38(48,31(33)56-22(7)45)32(57-36)39(24,40)58-36/h12-13,15,17,24-29,31-32,47-49H,14,16H2,1-11H3/t24?,25-,26+,27+,28+,29-,31+,32-,33-,34-,35-,36?,37-,38+,39-,40+/m1/s1. The topological polar surface area (TPSA) is 250 Å². The average molecular weight is 821 g/mol. The summed E-state index contributed by atoms with van der Waals surface area (Å²) in [7, 11) is 1.03. The summed E-state index contributed by atoms with van der Waals surface area (Å²) in [6.07, 6.45) is -8.88. The number of rotatable bonds is 10. The van der Waals surface area contributed by atoms with Gasteiger partial charge in [-0.25, -0.2) is 4.79 Å². The molecule has 6 fully saturated rings. The maximum Gasteiger partial charge on any atom is 0.347 e. The predicted octanol–water partition coefficient (Wildman–Crippen LogP) is 1.58. The molecule has 4 bridgehead atoms. The summed E-state index contributed by atoms with van der Waals surface area (Å²) in [5, 5.41) is 41.9. The summed E-state index contributed by atoms with van der Waals surface area (Å²) in [4.78, 5) is 79.9. The second-order valence-electron chi connectivity index (χ2n) is 17.9. The van der Waals surface area contributed by atoms with Crippen LogP contribution in [-0.2, 0) is 66.7 Å². The minimum atomic E-state index is -2.90. The third-order valence-corrected chi connectivity index (χ3v) is 14.9. The zero-order chi connectivity index (χ0) is 43.1. The molecule has 1 aromatic heterocycles. The summed E-state index contributed by atoms with van der Waals surface area (Å²) in [6.45, 7) is 13.3. The van der Waals surface area contributed by atoms with E-state index in [1.807, 2.05) is 0 Å². The van der Waals surface area contributed by atoms with Crippen LogP contribution in [0.2, 0.25) is 0 Å². The first-order chi connectivity index (χ1) is 26.8. The number of carbonyl (C=O) groups excluding carboxylic acids is 6. The van der Waals surface area contributed by atoms with E-state index in [1.165, 1.54) is 32.4 Å². The monoisotopic (exact) mass is 820 g/mol. The van der Waals surface area contributed by atoms with Gasteiger partial charge in [-0.3, -0.25) is 24.0 Å². The van der Waals surface area contributed by atoms with Crippen LogP contribution in [0.3, 0.4) is 0 Å².